The van der Waals surface area contributed by atoms with Gasteiger partial charge in [0.2, 0.25) is 10.0 Å². The van der Waals surface area contributed by atoms with Gasteiger partial charge in [0.05, 0.1) is 23.6 Å². The number of sulfonamides is 1. The van der Waals surface area contributed by atoms with Gasteiger partial charge in [-0.25, -0.2) is 8.42 Å². The van der Waals surface area contributed by atoms with Crippen molar-refractivity contribution >= 4 is 27.3 Å². The summed E-state index contributed by atoms with van der Waals surface area (Å²) in [6, 6.07) is 4.85. The molecule has 0 atom stereocenters. The van der Waals surface area contributed by atoms with Crippen molar-refractivity contribution in [3.05, 3.63) is 23.2 Å². The molecule has 2 N–H and O–H groups in total. The van der Waals surface area contributed by atoms with Gasteiger partial charge in [-0.3, -0.25) is 4.72 Å². The third-order valence-electron chi connectivity index (χ3n) is 2.71. The summed E-state index contributed by atoms with van der Waals surface area (Å²) in [5.41, 5.74) is 0.345. The molecule has 20 heavy (non-hydrogen) atoms. The van der Waals surface area contributed by atoms with Gasteiger partial charge in [-0.1, -0.05) is 18.5 Å². The Hall–Kier alpha value is -0.980. The Kier molecular flexibility index (Phi) is 7.12. The molecule has 7 heteroatoms. The van der Waals surface area contributed by atoms with Crippen molar-refractivity contribution in [2.45, 2.75) is 19.8 Å². The number of benzene rings is 1. The van der Waals surface area contributed by atoms with E-state index in [9.17, 15) is 8.42 Å². The van der Waals surface area contributed by atoms with E-state index in [1.807, 2.05) is 6.92 Å². The molecule has 0 aliphatic carbocycles. The molecule has 0 amide bonds. The lowest BCUT2D eigenvalue weighted by Crippen LogP contribution is -2.19. The van der Waals surface area contributed by atoms with Gasteiger partial charge in [0.1, 0.15) is 5.75 Å². The summed E-state index contributed by atoms with van der Waals surface area (Å²) in [7, 11) is -1.87. The Morgan fingerprint density at radius 1 is 1.30 bits per heavy atom. The Bertz CT molecular complexity index is 520. The average molecular weight is 321 g/mol. The first-order valence-corrected chi connectivity index (χ1v) is 8.56. The van der Waals surface area contributed by atoms with Crippen LogP contribution in [0.3, 0.4) is 0 Å². The normalized spacial score (nSPS) is 11.3. The van der Waals surface area contributed by atoms with E-state index in [-0.39, 0.29) is 5.75 Å². The highest BCUT2D eigenvalue weighted by Gasteiger charge is 2.12. The Morgan fingerprint density at radius 2 is 2.05 bits per heavy atom. The van der Waals surface area contributed by atoms with E-state index in [1.165, 1.54) is 7.11 Å². The lowest BCUT2D eigenvalue weighted by Gasteiger charge is -2.11. The smallest absolute Gasteiger partial charge is 0.232 e. The summed E-state index contributed by atoms with van der Waals surface area (Å²) in [4.78, 5) is 0. The number of rotatable bonds is 9. The molecule has 0 bridgehead atoms. The van der Waals surface area contributed by atoms with E-state index < -0.39 is 10.0 Å². The minimum Gasteiger partial charge on any atom is -0.497 e. The Morgan fingerprint density at radius 3 is 2.70 bits per heavy atom. The fourth-order valence-corrected chi connectivity index (χ4v) is 3.06. The van der Waals surface area contributed by atoms with Gasteiger partial charge >= 0.3 is 0 Å². The number of methoxy groups -OCH3 is 1. The first kappa shape index (κ1) is 17.1. The molecule has 0 unspecified atom stereocenters. The number of anilines is 1. The van der Waals surface area contributed by atoms with Crippen molar-refractivity contribution in [3.63, 3.8) is 0 Å². The van der Waals surface area contributed by atoms with Crippen molar-refractivity contribution in [3.8, 4) is 5.75 Å². The number of halogens is 1. The summed E-state index contributed by atoms with van der Waals surface area (Å²) >= 11 is 5.97. The van der Waals surface area contributed by atoms with Crippen molar-refractivity contribution in [2.24, 2.45) is 0 Å². The van der Waals surface area contributed by atoms with Crippen LogP contribution in [0.4, 0.5) is 5.69 Å². The average Bonchev–Trinajstić information content (AvgIpc) is 2.41. The van der Waals surface area contributed by atoms with Gasteiger partial charge in [0, 0.05) is 6.07 Å². The lowest BCUT2D eigenvalue weighted by atomic mass is 10.3. The van der Waals surface area contributed by atoms with E-state index in [2.05, 4.69) is 10.0 Å². The molecular formula is C13H21ClN2O3S. The molecule has 0 saturated heterocycles. The zero-order valence-electron chi connectivity index (χ0n) is 11.8. The van der Waals surface area contributed by atoms with Crippen LogP contribution >= 0.6 is 11.6 Å². The van der Waals surface area contributed by atoms with E-state index in [0.717, 1.165) is 19.5 Å². The summed E-state index contributed by atoms with van der Waals surface area (Å²) in [5, 5.41) is 3.50. The van der Waals surface area contributed by atoms with Gasteiger partial charge in [-0.15, -0.1) is 0 Å². The molecule has 0 heterocycles. The van der Waals surface area contributed by atoms with Crippen LogP contribution in [-0.2, 0) is 10.0 Å². The zero-order chi connectivity index (χ0) is 15.0. The van der Waals surface area contributed by atoms with Crippen LogP contribution in [0.25, 0.3) is 0 Å². The summed E-state index contributed by atoms with van der Waals surface area (Å²) in [6.07, 6.45) is 1.42. The summed E-state index contributed by atoms with van der Waals surface area (Å²) < 4.78 is 31.4. The first-order valence-electron chi connectivity index (χ1n) is 6.53. The minimum atomic E-state index is -3.39. The SMILES string of the molecule is CCNCCCCS(=O)(=O)Nc1cc(OC)ccc1Cl. The first-order chi connectivity index (χ1) is 9.48. The molecule has 0 radical (unpaired) electrons. The highest BCUT2D eigenvalue weighted by Crippen LogP contribution is 2.27. The molecule has 1 rings (SSSR count). The molecule has 0 saturated carbocycles. The van der Waals surface area contributed by atoms with Gasteiger partial charge in [0.15, 0.2) is 0 Å². The minimum absolute atomic E-state index is 0.0753. The fraction of sp³-hybridized carbons (Fsp3) is 0.538. The number of hydrogen-bond donors (Lipinski definition) is 2. The monoisotopic (exact) mass is 320 g/mol. The van der Waals surface area contributed by atoms with Gasteiger partial charge in [-0.05, 0) is 38.1 Å². The van der Waals surface area contributed by atoms with Crippen LogP contribution in [0, 0.1) is 0 Å². The van der Waals surface area contributed by atoms with Gasteiger partial charge in [0.25, 0.3) is 0 Å². The van der Waals surface area contributed by atoms with Crippen molar-refractivity contribution < 1.29 is 13.2 Å². The predicted octanol–water partition coefficient (Wildman–Crippen LogP) is 2.48. The van der Waals surface area contributed by atoms with Crippen LogP contribution in [0.15, 0.2) is 18.2 Å². The molecule has 5 nitrogen and oxygen atoms in total. The number of hydrogen-bond acceptors (Lipinski definition) is 4. The van der Waals surface area contributed by atoms with Crippen LogP contribution in [0.5, 0.6) is 5.75 Å². The molecule has 1 aromatic carbocycles. The second-order valence-corrected chi connectivity index (χ2v) is 6.58. The van der Waals surface area contributed by atoms with Crippen LogP contribution in [0.1, 0.15) is 19.8 Å². The highest BCUT2D eigenvalue weighted by atomic mass is 35.5. The van der Waals surface area contributed by atoms with E-state index >= 15 is 0 Å². The lowest BCUT2D eigenvalue weighted by molar-refractivity contribution is 0.415. The van der Waals surface area contributed by atoms with Crippen LogP contribution in [0.2, 0.25) is 5.02 Å². The molecule has 0 spiro atoms. The summed E-state index contributed by atoms with van der Waals surface area (Å²) in [5.74, 6) is 0.630. The maximum atomic E-state index is 12.0. The highest BCUT2D eigenvalue weighted by molar-refractivity contribution is 7.92. The number of ether oxygens (including phenoxy) is 1. The molecule has 0 aliphatic heterocycles. The van der Waals surface area contributed by atoms with Gasteiger partial charge < -0.3 is 10.1 Å². The molecule has 114 valence electrons. The van der Waals surface area contributed by atoms with Crippen molar-refractivity contribution in [2.75, 3.05) is 30.7 Å². The third-order valence-corrected chi connectivity index (χ3v) is 4.39. The second-order valence-electron chi connectivity index (χ2n) is 4.33. The second kappa shape index (κ2) is 8.34. The van der Waals surface area contributed by atoms with E-state index in [1.54, 1.807) is 18.2 Å². The van der Waals surface area contributed by atoms with Crippen molar-refractivity contribution in [1.82, 2.24) is 5.32 Å². The fourth-order valence-electron chi connectivity index (χ4n) is 1.65. The zero-order valence-corrected chi connectivity index (χ0v) is 13.4. The van der Waals surface area contributed by atoms with Crippen molar-refractivity contribution in [1.29, 1.82) is 0 Å². The standard InChI is InChI=1S/C13H21ClN2O3S/c1-3-15-8-4-5-9-20(17,18)16-13-10-11(19-2)6-7-12(13)14/h6-7,10,15-16H,3-5,8-9H2,1-2H3. The maximum Gasteiger partial charge on any atom is 0.232 e. The predicted molar refractivity (Wildman–Crippen MR) is 83.2 cm³/mol. The van der Waals surface area contributed by atoms with E-state index in [4.69, 9.17) is 16.3 Å². The molecule has 0 fully saturated rings. The van der Waals surface area contributed by atoms with Crippen LogP contribution < -0.4 is 14.8 Å². The molecule has 0 aliphatic rings. The topological polar surface area (TPSA) is 67.4 Å². The largest absolute Gasteiger partial charge is 0.497 e. The molecular weight excluding hydrogens is 300 g/mol. The number of unbranched alkanes of at least 4 members (excludes halogenated alkanes) is 1. The third kappa shape index (κ3) is 5.98. The summed E-state index contributed by atoms with van der Waals surface area (Å²) in [6.45, 7) is 3.74. The quantitative estimate of drug-likeness (QED) is 0.686. The maximum absolute atomic E-state index is 12.0. The Labute approximate surface area is 125 Å². The molecule has 1 aromatic rings. The van der Waals surface area contributed by atoms with Crippen LogP contribution in [-0.4, -0.2) is 34.4 Å². The van der Waals surface area contributed by atoms with Gasteiger partial charge in [-0.2, -0.15) is 0 Å². The Balaban J connectivity index is 2.57. The molecule has 0 aromatic heterocycles. The number of nitrogens with one attached hydrogen (secondary N) is 2. The van der Waals surface area contributed by atoms with E-state index in [0.29, 0.717) is 22.9 Å².